The molecule has 0 unspecified atom stereocenters. The fraction of sp³-hybridized carbons (Fsp3) is 0.333. The maximum Gasteiger partial charge on any atom is 0.243 e. The van der Waals surface area contributed by atoms with Gasteiger partial charge in [0.2, 0.25) is 10.0 Å². The maximum absolute atomic E-state index is 12.9. The van der Waals surface area contributed by atoms with Crippen LogP contribution in [-0.4, -0.2) is 57.0 Å². The quantitative estimate of drug-likeness (QED) is 0.750. The normalized spacial score (nSPS) is 16.5. The molecule has 0 amide bonds. The van der Waals surface area contributed by atoms with Gasteiger partial charge in [-0.15, -0.1) is 0 Å². The van der Waals surface area contributed by atoms with E-state index in [4.69, 9.17) is 16.3 Å². The van der Waals surface area contributed by atoms with Crippen molar-refractivity contribution in [3.63, 3.8) is 0 Å². The van der Waals surface area contributed by atoms with Gasteiger partial charge in [-0.2, -0.15) is 4.31 Å². The maximum atomic E-state index is 12.9. The van der Waals surface area contributed by atoms with Crippen molar-refractivity contribution in [1.82, 2.24) is 9.21 Å². The molecule has 0 aromatic heterocycles. The fourth-order valence-electron chi connectivity index (χ4n) is 2.77. The number of halogens is 2. The van der Waals surface area contributed by atoms with Crippen LogP contribution in [0.15, 0.2) is 53.4 Å². The summed E-state index contributed by atoms with van der Waals surface area (Å²) in [5.41, 5.74) is 0. The highest BCUT2D eigenvalue weighted by molar-refractivity contribution is 7.89. The van der Waals surface area contributed by atoms with Gasteiger partial charge in [0, 0.05) is 37.7 Å². The zero-order chi connectivity index (χ0) is 18.6. The third-order valence-corrected chi connectivity index (χ3v) is 6.44. The number of ether oxygens (including phenoxy) is 1. The Bertz CT molecular complexity index is 821. The lowest BCUT2D eigenvalue weighted by atomic mass is 10.3. The SMILES string of the molecule is O=S(=O)(c1ccc(Cl)cc1)N1CCN(CCOc2ccc(F)cc2)CC1. The molecule has 0 bridgehead atoms. The second-order valence-corrected chi connectivity index (χ2v) is 8.38. The third-order valence-electron chi connectivity index (χ3n) is 4.27. The molecule has 1 aliphatic heterocycles. The van der Waals surface area contributed by atoms with Crippen LogP contribution in [0.3, 0.4) is 0 Å². The number of rotatable bonds is 6. The van der Waals surface area contributed by atoms with E-state index >= 15 is 0 Å². The Balaban J connectivity index is 1.47. The Labute approximate surface area is 158 Å². The second kappa shape index (κ2) is 8.35. The topological polar surface area (TPSA) is 49.9 Å². The van der Waals surface area contributed by atoms with Crippen molar-refractivity contribution in [2.75, 3.05) is 39.3 Å². The van der Waals surface area contributed by atoms with Crippen LogP contribution < -0.4 is 4.74 Å². The molecule has 0 N–H and O–H groups in total. The highest BCUT2D eigenvalue weighted by atomic mass is 35.5. The second-order valence-electron chi connectivity index (χ2n) is 6.00. The Hall–Kier alpha value is -1.67. The molecule has 1 aliphatic rings. The van der Waals surface area contributed by atoms with E-state index < -0.39 is 10.0 Å². The Morgan fingerprint density at radius 1 is 0.962 bits per heavy atom. The molecule has 0 atom stereocenters. The number of hydrogen-bond acceptors (Lipinski definition) is 4. The molecule has 26 heavy (non-hydrogen) atoms. The van der Waals surface area contributed by atoms with Gasteiger partial charge in [0.15, 0.2) is 0 Å². The molecule has 0 radical (unpaired) electrons. The molecule has 140 valence electrons. The van der Waals surface area contributed by atoms with Crippen LogP contribution in [-0.2, 0) is 10.0 Å². The monoisotopic (exact) mass is 398 g/mol. The van der Waals surface area contributed by atoms with Gasteiger partial charge in [-0.1, -0.05) is 11.6 Å². The van der Waals surface area contributed by atoms with Crippen molar-refractivity contribution < 1.29 is 17.5 Å². The molecule has 0 saturated carbocycles. The highest BCUT2D eigenvalue weighted by Gasteiger charge is 2.28. The molecule has 3 rings (SSSR count). The summed E-state index contributed by atoms with van der Waals surface area (Å²) in [6.07, 6.45) is 0. The lowest BCUT2D eigenvalue weighted by molar-refractivity contribution is 0.159. The van der Waals surface area contributed by atoms with Crippen molar-refractivity contribution in [2.24, 2.45) is 0 Å². The van der Waals surface area contributed by atoms with Gasteiger partial charge in [-0.25, -0.2) is 12.8 Å². The minimum atomic E-state index is -3.49. The zero-order valence-electron chi connectivity index (χ0n) is 14.1. The first-order valence-corrected chi connectivity index (χ1v) is 10.1. The Kier molecular flexibility index (Phi) is 6.13. The third kappa shape index (κ3) is 4.73. The first kappa shape index (κ1) is 19.1. The first-order chi connectivity index (χ1) is 12.4. The number of hydrogen-bond donors (Lipinski definition) is 0. The van der Waals surface area contributed by atoms with Crippen LogP contribution in [0.5, 0.6) is 5.75 Å². The van der Waals surface area contributed by atoms with E-state index in [1.54, 1.807) is 24.3 Å². The minimum absolute atomic E-state index is 0.259. The van der Waals surface area contributed by atoms with Crippen molar-refractivity contribution in [2.45, 2.75) is 4.90 Å². The van der Waals surface area contributed by atoms with Gasteiger partial charge in [0.05, 0.1) is 4.90 Å². The van der Waals surface area contributed by atoms with Gasteiger partial charge in [-0.05, 0) is 48.5 Å². The molecule has 0 spiro atoms. The largest absolute Gasteiger partial charge is 0.492 e. The van der Waals surface area contributed by atoms with Crippen molar-refractivity contribution in [3.8, 4) is 5.75 Å². The molecular weight excluding hydrogens is 379 g/mol. The molecular formula is C18H20ClFN2O3S. The summed E-state index contributed by atoms with van der Waals surface area (Å²) in [6.45, 7) is 3.30. The summed E-state index contributed by atoms with van der Waals surface area (Å²) < 4.78 is 45.2. The van der Waals surface area contributed by atoms with Crippen LogP contribution in [0, 0.1) is 5.82 Å². The van der Waals surface area contributed by atoms with Crippen LogP contribution >= 0.6 is 11.6 Å². The summed E-state index contributed by atoms with van der Waals surface area (Å²) in [4.78, 5) is 2.41. The molecule has 8 heteroatoms. The van der Waals surface area contributed by atoms with Crippen LogP contribution in [0.2, 0.25) is 5.02 Å². The van der Waals surface area contributed by atoms with Crippen molar-refractivity contribution in [3.05, 3.63) is 59.4 Å². The molecule has 1 saturated heterocycles. The molecule has 5 nitrogen and oxygen atoms in total. The molecule has 1 fully saturated rings. The van der Waals surface area contributed by atoms with Gasteiger partial charge in [0.25, 0.3) is 0 Å². The number of sulfonamides is 1. The predicted octanol–water partition coefficient (Wildman–Crippen LogP) is 2.86. The summed E-state index contributed by atoms with van der Waals surface area (Å²) in [7, 11) is -3.49. The summed E-state index contributed by atoms with van der Waals surface area (Å²) in [5.74, 6) is 0.325. The standard InChI is InChI=1S/C18H20ClFN2O3S/c19-15-1-7-18(8-2-15)26(23,24)22-11-9-21(10-12-22)13-14-25-17-5-3-16(20)4-6-17/h1-8H,9-14H2. The van der Waals surface area contributed by atoms with E-state index in [1.807, 2.05) is 0 Å². The summed E-state index contributed by atoms with van der Waals surface area (Å²) in [5, 5.41) is 0.509. The zero-order valence-corrected chi connectivity index (χ0v) is 15.7. The van der Waals surface area contributed by atoms with Crippen molar-refractivity contribution in [1.29, 1.82) is 0 Å². The molecule has 2 aromatic carbocycles. The van der Waals surface area contributed by atoms with Crippen molar-refractivity contribution >= 4 is 21.6 Å². The lowest BCUT2D eigenvalue weighted by Gasteiger charge is -2.33. The Morgan fingerprint density at radius 3 is 2.19 bits per heavy atom. The minimum Gasteiger partial charge on any atom is -0.492 e. The smallest absolute Gasteiger partial charge is 0.243 e. The van der Waals surface area contributed by atoms with E-state index in [1.165, 1.54) is 28.6 Å². The number of nitrogens with zero attached hydrogens (tertiary/aromatic N) is 2. The van der Waals surface area contributed by atoms with Gasteiger partial charge < -0.3 is 4.74 Å². The first-order valence-electron chi connectivity index (χ1n) is 8.31. The van der Waals surface area contributed by atoms with E-state index in [2.05, 4.69) is 4.90 Å². The molecule has 2 aromatic rings. The van der Waals surface area contributed by atoms with Crippen LogP contribution in [0.25, 0.3) is 0 Å². The highest BCUT2D eigenvalue weighted by Crippen LogP contribution is 2.20. The van der Waals surface area contributed by atoms with E-state index in [-0.39, 0.29) is 10.7 Å². The predicted molar refractivity (Wildman–Crippen MR) is 98.5 cm³/mol. The number of piperazine rings is 1. The van der Waals surface area contributed by atoms with Crippen LogP contribution in [0.4, 0.5) is 4.39 Å². The van der Waals surface area contributed by atoms with Gasteiger partial charge in [-0.3, -0.25) is 4.90 Å². The summed E-state index contributed by atoms with van der Waals surface area (Å²) >= 11 is 5.82. The van der Waals surface area contributed by atoms with E-state index in [9.17, 15) is 12.8 Å². The molecule has 1 heterocycles. The Morgan fingerprint density at radius 2 is 1.58 bits per heavy atom. The van der Waals surface area contributed by atoms with Gasteiger partial charge >= 0.3 is 0 Å². The lowest BCUT2D eigenvalue weighted by Crippen LogP contribution is -2.49. The summed E-state index contributed by atoms with van der Waals surface area (Å²) in [6, 6.07) is 12.1. The van der Waals surface area contributed by atoms with E-state index in [0.29, 0.717) is 50.1 Å². The van der Waals surface area contributed by atoms with E-state index in [0.717, 1.165) is 0 Å². The molecule has 0 aliphatic carbocycles. The average Bonchev–Trinajstić information content (AvgIpc) is 2.64. The van der Waals surface area contributed by atoms with Gasteiger partial charge in [0.1, 0.15) is 18.2 Å². The average molecular weight is 399 g/mol. The number of benzene rings is 2. The fourth-order valence-corrected chi connectivity index (χ4v) is 4.32. The van der Waals surface area contributed by atoms with Crippen LogP contribution in [0.1, 0.15) is 0 Å².